The number of ether oxygens (including phenoxy) is 3. The number of hydrogen-bond acceptors (Lipinski definition) is 6. The van der Waals surface area contributed by atoms with Crippen molar-refractivity contribution >= 4 is 5.84 Å². The van der Waals surface area contributed by atoms with Gasteiger partial charge in [0.05, 0.1) is 37.5 Å². The number of nitrogens with one attached hydrogen (secondary N) is 1. The van der Waals surface area contributed by atoms with Crippen molar-refractivity contribution in [2.24, 2.45) is 4.99 Å². The molecule has 0 radical (unpaired) electrons. The van der Waals surface area contributed by atoms with Crippen LogP contribution in [0.5, 0.6) is 11.5 Å². The Kier molecular flexibility index (Phi) is 5.63. The summed E-state index contributed by atoms with van der Waals surface area (Å²) in [5, 5.41) is 13.7. The molecule has 0 spiro atoms. The van der Waals surface area contributed by atoms with E-state index in [1.54, 1.807) is 13.2 Å². The third-order valence-corrected chi connectivity index (χ3v) is 3.26. The maximum absolute atomic E-state index is 10.4. The maximum atomic E-state index is 10.4. The number of para-hydroxylation sites is 1. The molecular weight excluding hydrogens is 284 g/mol. The van der Waals surface area contributed by atoms with Crippen molar-refractivity contribution in [1.29, 1.82) is 0 Å². The summed E-state index contributed by atoms with van der Waals surface area (Å²) < 4.78 is 15.8. The highest BCUT2D eigenvalue weighted by molar-refractivity contribution is 6.03. The van der Waals surface area contributed by atoms with Gasteiger partial charge in [-0.15, -0.1) is 0 Å². The number of hydrogen-bond donors (Lipinski definition) is 2. The summed E-state index contributed by atoms with van der Waals surface area (Å²) in [6.45, 7) is 6.71. The summed E-state index contributed by atoms with van der Waals surface area (Å²) in [6.07, 6.45) is 0. The van der Waals surface area contributed by atoms with Gasteiger partial charge in [0, 0.05) is 7.11 Å². The zero-order valence-corrected chi connectivity index (χ0v) is 13.4. The zero-order valence-electron chi connectivity index (χ0n) is 13.4. The number of benzene rings is 1. The van der Waals surface area contributed by atoms with E-state index in [1.165, 1.54) is 0 Å². The number of aliphatic imine (C=N–C) groups is 1. The molecule has 1 aliphatic heterocycles. The van der Waals surface area contributed by atoms with E-state index in [0.29, 0.717) is 50.1 Å². The molecule has 0 saturated heterocycles. The van der Waals surface area contributed by atoms with E-state index >= 15 is 0 Å². The fraction of sp³-hybridized carbons (Fsp3) is 0.562. The van der Waals surface area contributed by atoms with Gasteiger partial charge in [-0.3, -0.25) is 4.99 Å². The maximum Gasteiger partial charge on any atom is 0.168 e. The van der Waals surface area contributed by atoms with E-state index in [4.69, 9.17) is 14.2 Å². The number of amidine groups is 1. The van der Waals surface area contributed by atoms with E-state index in [-0.39, 0.29) is 11.3 Å². The third-order valence-electron chi connectivity index (χ3n) is 3.26. The van der Waals surface area contributed by atoms with Gasteiger partial charge < -0.3 is 24.6 Å². The number of rotatable bonds is 8. The first-order chi connectivity index (χ1) is 10.5. The molecule has 0 fully saturated rings. The van der Waals surface area contributed by atoms with Gasteiger partial charge in [0.2, 0.25) is 0 Å². The van der Waals surface area contributed by atoms with Crippen LogP contribution < -0.4 is 10.1 Å². The second-order valence-electron chi connectivity index (χ2n) is 5.78. The Morgan fingerprint density at radius 3 is 2.68 bits per heavy atom. The Morgan fingerprint density at radius 2 is 2.00 bits per heavy atom. The number of phenols is 1. The van der Waals surface area contributed by atoms with Crippen molar-refractivity contribution in [3.05, 3.63) is 23.8 Å². The van der Waals surface area contributed by atoms with Crippen molar-refractivity contribution in [3.8, 4) is 11.5 Å². The average Bonchev–Trinajstić information content (AvgIpc) is 2.84. The highest BCUT2D eigenvalue weighted by Crippen LogP contribution is 2.31. The van der Waals surface area contributed by atoms with Gasteiger partial charge in [-0.05, 0) is 26.0 Å². The quantitative estimate of drug-likeness (QED) is 0.713. The van der Waals surface area contributed by atoms with E-state index < -0.39 is 0 Å². The van der Waals surface area contributed by atoms with Gasteiger partial charge in [-0.2, -0.15) is 0 Å². The average molecular weight is 308 g/mol. The molecular formula is C16H24N2O4. The Labute approximate surface area is 131 Å². The number of phenolic OH excluding ortho intramolecular Hbond substituents is 1. The number of methoxy groups -OCH3 is 1. The normalized spacial score (nSPS) is 16.2. The molecule has 0 amide bonds. The predicted octanol–water partition coefficient (Wildman–Crippen LogP) is 1.56. The van der Waals surface area contributed by atoms with Crippen LogP contribution >= 0.6 is 0 Å². The first-order valence-electron chi connectivity index (χ1n) is 7.38. The smallest absolute Gasteiger partial charge is 0.168 e. The van der Waals surface area contributed by atoms with Gasteiger partial charge in [-0.1, -0.05) is 6.07 Å². The lowest BCUT2D eigenvalue weighted by Crippen LogP contribution is -2.39. The summed E-state index contributed by atoms with van der Waals surface area (Å²) >= 11 is 0. The molecule has 1 aliphatic rings. The third kappa shape index (κ3) is 4.35. The fourth-order valence-corrected chi connectivity index (χ4v) is 2.11. The Balaban J connectivity index is 1.92. The first kappa shape index (κ1) is 16.6. The minimum Gasteiger partial charge on any atom is -0.504 e. The monoisotopic (exact) mass is 308 g/mol. The van der Waals surface area contributed by atoms with Gasteiger partial charge in [0.15, 0.2) is 11.5 Å². The molecule has 6 nitrogen and oxygen atoms in total. The van der Waals surface area contributed by atoms with Crippen LogP contribution in [0.1, 0.15) is 19.4 Å². The van der Waals surface area contributed by atoms with E-state index in [1.807, 2.05) is 12.1 Å². The van der Waals surface area contributed by atoms with Gasteiger partial charge >= 0.3 is 0 Å². The molecule has 1 aromatic carbocycles. The molecule has 0 bridgehead atoms. The van der Waals surface area contributed by atoms with E-state index in [2.05, 4.69) is 24.2 Å². The zero-order chi connectivity index (χ0) is 16.0. The molecule has 6 heteroatoms. The van der Waals surface area contributed by atoms with E-state index in [0.717, 1.165) is 0 Å². The standard InChI is InChI=1S/C16H24N2O4/c1-16(2)11-17-15(18-16)12-5-4-6-13(14(12)19)22-10-9-21-8-7-20-3/h4-6,19H,7-11H2,1-3H3,(H,17,18). The van der Waals surface area contributed by atoms with Crippen LogP contribution in [-0.2, 0) is 9.47 Å². The van der Waals surface area contributed by atoms with Crippen LogP contribution in [0, 0.1) is 0 Å². The number of nitrogens with zero attached hydrogens (tertiary/aromatic N) is 1. The van der Waals surface area contributed by atoms with Gasteiger partial charge in [0.25, 0.3) is 0 Å². The molecule has 2 rings (SSSR count). The Bertz CT molecular complexity index is 529. The molecule has 0 atom stereocenters. The lowest BCUT2D eigenvalue weighted by molar-refractivity contribution is 0.0540. The number of aromatic hydroxyl groups is 1. The molecule has 0 unspecified atom stereocenters. The molecule has 22 heavy (non-hydrogen) atoms. The SMILES string of the molecule is COCCOCCOc1cccc(C2=NCC(C)(C)N2)c1O. The summed E-state index contributed by atoms with van der Waals surface area (Å²) in [7, 11) is 1.63. The van der Waals surface area contributed by atoms with E-state index in [9.17, 15) is 5.11 Å². The van der Waals surface area contributed by atoms with Crippen molar-refractivity contribution < 1.29 is 19.3 Å². The molecule has 122 valence electrons. The predicted molar refractivity (Wildman–Crippen MR) is 84.9 cm³/mol. The van der Waals surface area contributed by atoms with Crippen LogP contribution in [0.25, 0.3) is 0 Å². The minimum absolute atomic E-state index is 0.0895. The van der Waals surface area contributed by atoms with Crippen molar-refractivity contribution in [2.45, 2.75) is 19.4 Å². The van der Waals surface area contributed by atoms with Crippen molar-refractivity contribution in [1.82, 2.24) is 5.32 Å². The molecule has 0 aliphatic carbocycles. The van der Waals surface area contributed by atoms with Gasteiger partial charge in [-0.25, -0.2) is 0 Å². The Morgan fingerprint density at radius 1 is 1.23 bits per heavy atom. The topological polar surface area (TPSA) is 72.3 Å². The van der Waals surface area contributed by atoms with Crippen molar-refractivity contribution in [3.63, 3.8) is 0 Å². The van der Waals surface area contributed by atoms with Crippen LogP contribution in [0.3, 0.4) is 0 Å². The largest absolute Gasteiger partial charge is 0.504 e. The summed E-state index contributed by atoms with van der Waals surface area (Å²) in [4.78, 5) is 4.44. The fourth-order valence-electron chi connectivity index (χ4n) is 2.11. The van der Waals surface area contributed by atoms with Crippen LogP contribution in [0.15, 0.2) is 23.2 Å². The van der Waals surface area contributed by atoms with Gasteiger partial charge in [0.1, 0.15) is 12.4 Å². The lowest BCUT2D eigenvalue weighted by atomic mass is 10.1. The molecule has 0 aromatic heterocycles. The van der Waals surface area contributed by atoms with Crippen LogP contribution in [0.2, 0.25) is 0 Å². The molecule has 0 saturated carbocycles. The van der Waals surface area contributed by atoms with Crippen molar-refractivity contribution in [2.75, 3.05) is 40.1 Å². The highest BCUT2D eigenvalue weighted by atomic mass is 16.5. The summed E-state index contributed by atoms with van der Waals surface area (Å²) in [6, 6.07) is 5.39. The Hall–Kier alpha value is -1.79. The summed E-state index contributed by atoms with van der Waals surface area (Å²) in [5.74, 6) is 1.23. The first-order valence-corrected chi connectivity index (χ1v) is 7.38. The second kappa shape index (κ2) is 7.47. The summed E-state index contributed by atoms with van der Waals surface area (Å²) in [5.41, 5.74) is 0.566. The molecule has 1 aromatic rings. The molecule has 2 N–H and O–H groups in total. The van der Waals surface area contributed by atoms with Crippen LogP contribution in [-0.4, -0.2) is 56.6 Å². The lowest BCUT2D eigenvalue weighted by Gasteiger charge is -2.19. The highest BCUT2D eigenvalue weighted by Gasteiger charge is 2.27. The minimum atomic E-state index is -0.0895. The second-order valence-corrected chi connectivity index (χ2v) is 5.78. The van der Waals surface area contributed by atoms with Crippen LogP contribution in [0.4, 0.5) is 0 Å². The molecule has 1 heterocycles.